The Bertz CT molecular complexity index is 410. The van der Waals surface area contributed by atoms with Gasteiger partial charge in [-0.25, -0.2) is 4.79 Å². The van der Waals surface area contributed by atoms with E-state index in [-0.39, 0.29) is 0 Å². The summed E-state index contributed by atoms with van der Waals surface area (Å²) >= 11 is 0. The Hall–Kier alpha value is -1.39. The first-order valence-electron chi connectivity index (χ1n) is 6.01. The van der Waals surface area contributed by atoms with Gasteiger partial charge < -0.3 is 9.84 Å². The van der Waals surface area contributed by atoms with E-state index in [4.69, 9.17) is 4.74 Å². The first kappa shape index (κ1) is 13.1. The van der Waals surface area contributed by atoms with Crippen LogP contribution in [0.25, 0.3) is 0 Å². The first-order valence-corrected chi connectivity index (χ1v) is 6.01. The van der Waals surface area contributed by atoms with Crippen LogP contribution < -0.4 is 0 Å². The van der Waals surface area contributed by atoms with E-state index in [1.807, 2.05) is 44.2 Å². The topological polar surface area (TPSA) is 49.8 Å². The second-order valence-electron chi connectivity index (χ2n) is 5.49. The largest absolute Gasteiger partial charge is 0.450 e. The highest BCUT2D eigenvalue weighted by Crippen LogP contribution is 2.32. The van der Waals surface area contributed by atoms with Crippen molar-refractivity contribution in [2.24, 2.45) is 0 Å². The molecule has 1 fully saturated rings. The predicted octanol–water partition coefficient (Wildman–Crippen LogP) is 1.05. The third-order valence-electron chi connectivity index (χ3n) is 3.20. The number of β-amino-alcohol motifs (C(OH)–C–C–N with tert-alkyl or cyclic N) is 1. The fourth-order valence-corrected chi connectivity index (χ4v) is 2.42. The Morgan fingerprint density at radius 1 is 1.39 bits per heavy atom. The van der Waals surface area contributed by atoms with Gasteiger partial charge in [-0.15, -0.1) is 0 Å². The highest BCUT2D eigenvalue weighted by molar-refractivity contribution is 5.39. The summed E-state index contributed by atoms with van der Waals surface area (Å²) in [6.07, 6.45) is 0. The molecule has 0 amide bonds. The van der Waals surface area contributed by atoms with Crippen molar-refractivity contribution in [3.8, 4) is 0 Å². The molecule has 1 heterocycles. The van der Waals surface area contributed by atoms with Crippen molar-refractivity contribution in [3.05, 3.63) is 35.9 Å². The monoisotopic (exact) mass is 248 g/mol. The minimum atomic E-state index is -0.776. The summed E-state index contributed by atoms with van der Waals surface area (Å²) in [5, 5.41) is 10.4. The van der Waals surface area contributed by atoms with E-state index in [1.54, 1.807) is 0 Å². The molecule has 1 aliphatic rings. The molecule has 1 saturated heterocycles. The van der Waals surface area contributed by atoms with Gasteiger partial charge in [0.25, 0.3) is 0 Å². The molecular weight excluding hydrogens is 230 g/mol. The number of aliphatic hydroxyl groups is 1. The number of ether oxygens (including phenoxy) is 1. The van der Waals surface area contributed by atoms with Gasteiger partial charge in [0, 0.05) is 19.6 Å². The minimum Gasteiger partial charge on any atom is -0.450 e. The lowest BCUT2D eigenvalue weighted by atomic mass is 9.85. The zero-order valence-corrected chi connectivity index (χ0v) is 10.7. The summed E-state index contributed by atoms with van der Waals surface area (Å²) in [5.74, 6) is 0. The summed E-state index contributed by atoms with van der Waals surface area (Å²) in [5.41, 5.74) is -0.413. The van der Waals surface area contributed by atoms with Gasteiger partial charge in [-0.05, 0) is 19.4 Å². The van der Waals surface area contributed by atoms with E-state index >= 15 is 0 Å². The smallest absolute Gasteiger partial charge is 0.418 e. The lowest BCUT2D eigenvalue weighted by Crippen LogP contribution is -2.62. The van der Waals surface area contributed by atoms with Gasteiger partial charge in [-0.3, -0.25) is 4.90 Å². The standard InChI is InChI=1S/C14H18NO3/c1-13(2,18-11-16)8-15-9-14(17,10-15)12-6-4-3-5-7-12/h3-7,17H,8-10H2,1-2H3. The van der Waals surface area contributed by atoms with Gasteiger partial charge >= 0.3 is 6.47 Å². The molecule has 2 rings (SSSR count). The Balaban J connectivity index is 1.92. The highest BCUT2D eigenvalue weighted by Gasteiger charge is 2.44. The molecule has 0 unspecified atom stereocenters. The van der Waals surface area contributed by atoms with Crippen molar-refractivity contribution in [2.75, 3.05) is 19.6 Å². The van der Waals surface area contributed by atoms with E-state index < -0.39 is 11.2 Å². The molecule has 0 aliphatic carbocycles. The van der Waals surface area contributed by atoms with Crippen LogP contribution in [0.2, 0.25) is 0 Å². The summed E-state index contributed by atoms with van der Waals surface area (Å²) in [6, 6.07) is 9.63. The van der Waals surface area contributed by atoms with E-state index in [1.165, 1.54) is 6.47 Å². The van der Waals surface area contributed by atoms with Crippen molar-refractivity contribution in [2.45, 2.75) is 25.0 Å². The second-order valence-corrected chi connectivity index (χ2v) is 5.49. The van der Waals surface area contributed by atoms with Crippen LogP contribution in [0.15, 0.2) is 30.3 Å². The van der Waals surface area contributed by atoms with Gasteiger partial charge in [0.15, 0.2) is 0 Å². The molecule has 4 heteroatoms. The molecule has 0 bridgehead atoms. The van der Waals surface area contributed by atoms with Gasteiger partial charge in [0.05, 0.1) is 0 Å². The molecule has 1 aromatic carbocycles. The molecule has 0 saturated carbocycles. The number of hydrogen-bond acceptors (Lipinski definition) is 4. The fraction of sp³-hybridized carbons (Fsp3) is 0.500. The maximum atomic E-state index is 10.4. The molecule has 0 atom stereocenters. The zero-order valence-electron chi connectivity index (χ0n) is 10.7. The quantitative estimate of drug-likeness (QED) is 0.846. The third-order valence-corrected chi connectivity index (χ3v) is 3.20. The average molecular weight is 248 g/mol. The van der Waals surface area contributed by atoms with E-state index in [0.29, 0.717) is 19.6 Å². The number of likely N-dealkylation sites (tertiary alicyclic amines) is 1. The predicted molar refractivity (Wildman–Crippen MR) is 67.6 cm³/mol. The summed E-state index contributed by atoms with van der Waals surface area (Å²) in [7, 11) is 0. The summed E-state index contributed by atoms with van der Waals surface area (Å²) in [4.78, 5) is 12.3. The van der Waals surface area contributed by atoms with Crippen molar-refractivity contribution in [3.63, 3.8) is 0 Å². The Morgan fingerprint density at radius 2 is 2.00 bits per heavy atom. The second kappa shape index (κ2) is 4.71. The van der Waals surface area contributed by atoms with E-state index in [0.717, 1.165) is 5.56 Å². The van der Waals surface area contributed by atoms with Crippen LogP contribution in [0.1, 0.15) is 19.4 Å². The summed E-state index contributed by atoms with van der Waals surface area (Å²) in [6.45, 7) is 6.85. The van der Waals surface area contributed by atoms with Crippen LogP contribution in [0.3, 0.4) is 0 Å². The molecule has 1 aliphatic heterocycles. The lowest BCUT2D eigenvalue weighted by Gasteiger charge is -2.48. The van der Waals surface area contributed by atoms with Crippen LogP contribution in [0, 0.1) is 0 Å². The number of hydrogen-bond donors (Lipinski definition) is 1. The van der Waals surface area contributed by atoms with Crippen molar-refractivity contribution in [1.82, 2.24) is 4.90 Å². The number of benzene rings is 1. The van der Waals surface area contributed by atoms with E-state index in [9.17, 15) is 9.90 Å². The normalized spacial score (nSPS) is 19.1. The maximum Gasteiger partial charge on any atom is 0.418 e. The summed E-state index contributed by atoms with van der Waals surface area (Å²) < 4.78 is 4.88. The van der Waals surface area contributed by atoms with Gasteiger partial charge in [0.1, 0.15) is 11.2 Å². The van der Waals surface area contributed by atoms with Gasteiger partial charge in [-0.2, -0.15) is 0 Å². The molecule has 1 radical (unpaired) electrons. The lowest BCUT2D eigenvalue weighted by molar-refractivity contribution is -0.122. The van der Waals surface area contributed by atoms with Crippen molar-refractivity contribution < 1.29 is 14.6 Å². The Kier molecular flexibility index (Phi) is 3.41. The van der Waals surface area contributed by atoms with Gasteiger partial charge in [0.2, 0.25) is 0 Å². The molecule has 0 aromatic heterocycles. The molecule has 0 spiro atoms. The van der Waals surface area contributed by atoms with Crippen LogP contribution >= 0.6 is 0 Å². The molecular formula is C14H18NO3. The van der Waals surface area contributed by atoms with Crippen molar-refractivity contribution >= 4 is 6.47 Å². The zero-order chi connectivity index (χ0) is 13.2. The average Bonchev–Trinajstić information content (AvgIpc) is 2.27. The number of rotatable bonds is 5. The Morgan fingerprint density at radius 3 is 2.56 bits per heavy atom. The van der Waals surface area contributed by atoms with Crippen LogP contribution in [0.4, 0.5) is 0 Å². The number of carbonyl (C=O) groups excluding carboxylic acids is 1. The molecule has 1 aromatic rings. The van der Waals surface area contributed by atoms with Gasteiger partial charge in [-0.1, -0.05) is 30.3 Å². The van der Waals surface area contributed by atoms with Crippen LogP contribution in [0.5, 0.6) is 0 Å². The maximum absolute atomic E-state index is 10.4. The highest BCUT2D eigenvalue weighted by atomic mass is 16.5. The van der Waals surface area contributed by atoms with Crippen LogP contribution in [-0.2, 0) is 15.1 Å². The molecule has 1 N–H and O–H groups in total. The first-order chi connectivity index (χ1) is 8.45. The third kappa shape index (κ3) is 2.71. The van der Waals surface area contributed by atoms with Crippen molar-refractivity contribution in [1.29, 1.82) is 0 Å². The molecule has 4 nitrogen and oxygen atoms in total. The SMILES string of the molecule is CC(C)(CN1CC(O)(c2ccccc2)C1)O[C]=O. The number of nitrogens with zero attached hydrogens (tertiary/aromatic N) is 1. The van der Waals surface area contributed by atoms with Crippen LogP contribution in [-0.4, -0.2) is 41.7 Å². The Labute approximate surface area is 107 Å². The fourth-order valence-electron chi connectivity index (χ4n) is 2.42. The minimum absolute atomic E-state index is 0.558. The molecule has 18 heavy (non-hydrogen) atoms. The molecule has 97 valence electrons. The van der Waals surface area contributed by atoms with E-state index in [2.05, 4.69) is 4.90 Å².